The molecule has 0 unspecified atom stereocenters. The van der Waals surface area contributed by atoms with E-state index in [1.165, 1.54) is 122 Å². The van der Waals surface area contributed by atoms with E-state index in [2.05, 4.69) is 180 Å². The Labute approximate surface area is 694 Å². The zero-order valence-corrected chi connectivity index (χ0v) is 79.0. The van der Waals surface area contributed by atoms with Crippen molar-refractivity contribution in [2.75, 3.05) is 174 Å². The van der Waals surface area contributed by atoms with Gasteiger partial charge in [-0.25, -0.2) is 0 Å². The largest absolute Gasteiger partial charge is 0.466 e. The normalized spacial score (nSPS) is 13.0. The monoisotopic (exact) mass is 1630 g/mol. The average Bonchev–Trinajstić information content (AvgIpc) is 1.13. The lowest BCUT2D eigenvalue weighted by Crippen LogP contribution is -2.40. The number of carbonyl (C=O) groups is 8. The van der Waals surface area contributed by atoms with E-state index in [-0.39, 0.29) is 138 Å². The first-order chi connectivity index (χ1) is 52.6. The minimum absolute atomic E-state index is 0.0404. The molecule has 28 heteroatoms. The van der Waals surface area contributed by atoms with Crippen LogP contribution in [0.4, 0.5) is 0 Å². The van der Waals surface area contributed by atoms with E-state index in [1.54, 1.807) is 49.2 Å². The average molecular weight is 1630 g/mol. The lowest BCUT2D eigenvalue weighted by atomic mass is 10.1. The van der Waals surface area contributed by atoms with Gasteiger partial charge in [-0.3, -0.25) is 38.5 Å². The first-order valence-electron chi connectivity index (χ1n) is 42.7. The number of esters is 2. The number of amides is 5. The number of rotatable bonds is 35. The predicted octanol–water partition coefficient (Wildman–Crippen LogP) is 9.07. The summed E-state index contributed by atoms with van der Waals surface area (Å²) in [5.41, 5.74) is 16.0. The molecule has 13 N–H and O–H groups in total. The lowest BCUT2D eigenvalue weighted by molar-refractivity contribution is -0.147. The van der Waals surface area contributed by atoms with Crippen molar-refractivity contribution in [1.29, 1.82) is 0 Å². The Morgan fingerprint density at radius 3 is 1.13 bits per heavy atom. The van der Waals surface area contributed by atoms with Crippen molar-refractivity contribution < 1.29 is 62.8 Å². The van der Waals surface area contributed by atoms with Crippen LogP contribution in [0.5, 0.6) is 0 Å². The number of aliphatic hydroxyl groups is 2. The van der Waals surface area contributed by atoms with Crippen LogP contribution in [0.15, 0.2) is 0 Å². The van der Waals surface area contributed by atoms with Gasteiger partial charge in [0.25, 0.3) is 0 Å². The fourth-order valence-corrected chi connectivity index (χ4v) is 9.06. The van der Waals surface area contributed by atoms with E-state index < -0.39 is 5.97 Å². The number of hydrogen-bond donors (Lipinski definition) is 10. The summed E-state index contributed by atoms with van der Waals surface area (Å²) in [6, 6.07) is 4.50. The van der Waals surface area contributed by atoms with Crippen LogP contribution in [0.25, 0.3) is 0 Å². The number of carbonyl (C=O) groups excluding carboxylic acids is 8. The van der Waals surface area contributed by atoms with Crippen LogP contribution >= 0.6 is 0 Å². The number of nitrogens with zero attached hydrogens (tertiary/aromatic N) is 7. The number of methoxy groups -OCH3 is 1. The van der Waals surface area contributed by atoms with Crippen LogP contribution in [0.3, 0.4) is 0 Å². The fraction of sp³-hybridized carbons (Fsp3) is 0.906. The molecule has 0 aromatic carbocycles. The second-order valence-electron chi connectivity index (χ2n) is 32.0. The molecule has 113 heavy (non-hydrogen) atoms. The molecule has 0 spiro atoms. The summed E-state index contributed by atoms with van der Waals surface area (Å²) in [7, 11) is 11.4. The fourth-order valence-electron chi connectivity index (χ4n) is 9.06. The Balaban J connectivity index is -0.000000154. The molecular weight excluding hydrogens is 1440 g/mol. The molecule has 0 aromatic heterocycles. The van der Waals surface area contributed by atoms with Gasteiger partial charge in [0, 0.05) is 155 Å². The first-order valence-corrected chi connectivity index (χ1v) is 42.7. The maximum atomic E-state index is 12.2. The first kappa shape index (κ1) is 127. The summed E-state index contributed by atoms with van der Waals surface area (Å²) < 4.78 is 14.6. The Morgan fingerprint density at radius 2 is 0.920 bits per heavy atom. The topological polar surface area (TPSA) is 366 Å². The van der Waals surface area contributed by atoms with Gasteiger partial charge in [0.05, 0.1) is 45.8 Å². The second kappa shape index (κ2) is 86.8. The highest BCUT2D eigenvalue weighted by atomic mass is 16.5. The van der Waals surface area contributed by atoms with Crippen LogP contribution in [-0.2, 0) is 52.6 Å². The van der Waals surface area contributed by atoms with Crippen LogP contribution in [-0.4, -0.2) is 319 Å². The number of nitrogens with one attached hydrogen (secondary N) is 5. The summed E-state index contributed by atoms with van der Waals surface area (Å²) >= 11 is 0. The zero-order chi connectivity index (χ0) is 89.5. The van der Waals surface area contributed by atoms with Crippen LogP contribution < -0.4 is 43.8 Å². The van der Waals surface area contributed by atoms with E-state index in [0.29, 0.717) is 55.5 Å². The van der Waals surface area contributed by atoms with E-state index in [9.17, 15) is 38.4 Å². The molecule has 2 aliphatic carbocycles. The van der Waals surface area contributed by atoms with Gasteiger partial charge in [-0.2, -0.15) is 0 Å². The standard InChI is InChI=1S/C16H28N2O6.C10H20N2O4.C8H15NO3.C8H19N.C7H15N.C7H17N.C6H13N.C6H15N.C4H9N.C4H11N.C3H7N.2C3H9N/c1-13(19)5-8-16(22)24-12-10-18(9-11-23-4)15(21)7-6-14(20)17(2)3;1-11(2)9(15)3-4-10(16)12(5-7-13)6-8-14;1-4-12-8(11)6-5-7(10)9(2)3;1-6-9(7-2)8(3,4)5;1-7(2)8-5-3-4-6-8;1-6(2)8-7(3,4)5;1-5(2)7-6-3-4-6;1-4-5-7-6(2)3;1-2-4-5-3-1;1-3-5-4-2;4-3-1-2-3;1-3(2)4;1-2-3-4/h5-12H2,1-4H3;13-14H,3-8H2,1-2H3;4-6H2,1-3H3;6-7H2,1-5H3;7H,3-6H2,1-2H3;6,8H,1-5H3;5-7H,3-4H2,1-2H3;6-7H,4-5H2,1-3H3;5H,1-4H2;5H,3-4H2,1-2H3;3H,1-2,4H2;3H,4H2,1-2H3;2-4H2,1H3. The third-order valence-corrected chi connectivity index (χ3v) is 15.4. The number of Topliss-reactive ketones (excluding diaryl/α,β-unsaturated/α-hetero) is 1. The highest BCUT2D eigenvalue weighted by molar-refractivity contribution is 5.84. The molecule has 0 bridgehead atoms. The van der Waals surface area contributed by atoms with E-state index in [0.717, 1.165) is 57.8 Å². The van der Waals surface area contributed by atoms with E-state index >= 15 is 0 Å². The van der Waals surface area contributed by atoms with Crippen molar-refractivity contribution in [3.63, 3.8) is 0 Å². The van der Waals surface area contributed by atoms with Crippen molar-refractivity contribution in [3.8, 4) is 0 Å². The third kappa shape index (κ3) is 114. The van der Waals surface area contributed by atoms with Crippen LogP contribution in [0, 0.1) is 0 Å². The number of likely N-dealkylation sites (tertiary alicyclic amines) is 1. The highest BCUT2D eigenvalue weighted by Gasteiger charge is 2.22. The molecule has 4 fully saturated rings. The van der Waals surface area contributed by atoms with Crippen LogP contribution in [0.1, 0.15) is 282 Å². The smallest absolute Gasteiger partial charge is 0.306 e. The number of aliphatic hydroxyl groups excluding tert-OH is 2. The molecule has 680 valence electrons. The van der Waals surface area contributed by atoms with Gasteiger partial charge in [0.1, 0.15) is 12.4 Å². The maximum absolute atomic E-state index is 12.2. The summed E-state index contributed by atoms with van der Waals surface area (Å²) in [6.45, 7) is 63.8. The van der Waals surface area contributed by atoms with Crippen molar-refractivity contribution >= 4 is 47.3 Å². The molecular formula is C85H187N15O13. The maximum Gasteiger partial charge on any atom is 0.306 e. The van der Waals surface area contributed by atoms with Crippen molar-refractivity contribution in [1.82, 2.24) is 60.9 Å². The summed E-state index contributed by atoms with van der Waals surface area (Å²) in [5, 5.41) is 33.9. The van der Waals surface area contributed by atoms with Crippen molar-refractivity contribution in [2.45, 2.75) is 335 Å². The quantitative estimate of drug-likeness (QED) is 0.0264. The van der Waals surface area contributed by atoms with Gasteiger partial charge in [0.15, 0.2) is 0 Å². The summed E-state index contributed by atoms with van der Waals surface area (Å²) in [6.07, 6.45) is 14.3. The summed E-state index contributed by atoms with van der Waals surface area (Å²) in [4.78, 5) is 103. The molecule has 4 aliphatic rings. The van der Waals surface area contributed by atoms with Gasteiger partial charge < -0.3 is 102 Å². The van der Waals surface area contributed by atoms with Gasteiger partial charge in [-0.05, 0) is 205 Å². The van der Waals surface area contributed by atoms with Crippen LogP contribution in [0.2, 0.25) is 0 Å². The molecule has 2 aliphatic heterocycles. The van der Waals surface area contributed by atoms with Crippen molar-refractivity contribution in [2.24, 2.45) is 17.2 Å². The van der Waals surface area contributed by atoms with Gasteiger partial charge in [0.2, 0.25) is 29.5 Å². The zero-order valence-electron chi connectivity index (χ0n) is 79.0. The number of ketones is 1. The Hall–Kier alpha value is -4.56. The molecule has 2 saturated carbocycles. The van der Waals surface area contributed by atoms with Gasteiger partial charge in [-0.15, -0.1) is 0 Å². The predicted molar refractivity (Wildman–Crippen MR) is 474 cm³/mol. The third-order valence-electron chi connectivity index (χ3n) is 15.4. The molecule has 2 saturated heterocycles. The lowest BCUT2D eigenvalue weighted by Gasteiger charge is -2.33. The summed E-state index contributed by atoms with van der Waals surface area (Å²) in [5.74, 6) is -1.55. The Morgan fingerprint density at radius 1 is 0.540 bits per heavy atom. The highest BCUT2D eigenvalue weighted by Crippen LogP contribution is 2.19. The van der Waals surface area contributed by atoms with Gasteiger partial charge >= 0.3 is 11.9 Å². The minimum atomic E-state index is -0.466. The van der Waals surface area contributed by atoms with E-state index in [4.69, 9.17) is 36.9 Å². The number of hydrogen-bond acceptors (Lipinski definition) is 23. The van der Waals surface area contributed by atoms with E-state index in [1.807, 2.05) is 13.8 Å². The molecule has 0 atom stereocenters. The number of nitrogens with two attached hydrogens (primary N) is 3. The van der Waals surface area contributed by atoms with Gasteiger partial charge in [-0.1, -0.05) is 96.9 Å². The molecule has 0 radical (unpaired) electrons. The minimum Gasteiger partial charge on any atom is -0.466 e. The molecule has 28 nitrogen and oxygen atoms in total. The molecule has 5 amide bonds. The second-order valence-corrected chi connectivity index (χ2v) is 32.0. The SMILES string of the molecule is C1CCNC1.CC(C)N.CC(C)N1CCCC1.CC(C)NC(C)(C)C.CC(C)NC1CC1.CCCN.CCCNC(C)C.CCN(CC)C(C)(C)C.CCNCC.CCOC(=O)CCC(=O)N(C)C.CN(C)C(=O)CCC(=O)N(CCO)CCO.COCCN(CCOC(=O)CCC(C)=O)C(=O)CCC(=O)N(C)C.NC1CC1. The Bertz CT molecular complexity index is 2130. The number of ether oxygens (including phenoxy) is 3. The molecule has 0 aromatic rings. The molecule has 4 rings (SSSR count). The molecule has 2 heterocycles. The van der Waals surface area contributed by atoms with Crippen molar-refractivity contribution in [3.05, 3.63) is 0 Å². The Kier molecular flexibility index (Phi) is 97.2.